The molecular weight excluding hydrogens is 256 g/mol. The molecule has 3 aromatic rings. The molecule has 2 heterocycles. The number of hydrogen-bond acceptors (Lipinski definition) is 5. The Kier molecular flexibility index (Phi) is 2.62. The van der Waals surface area contributed by atoms with Crippen molar-refractivity contribution in [1.29, 1.82) is 0 Å². The number of para-hydroxylation sites is 1. The van der Waals surface area contributed by atoms with Crippen molar-refractivity contribution in [3.63, 3.8) is 0 Å². The van der Waals surface area contributed by atoms with E-state index in [1.165, 1.54) is 0 Å². The van der Waals surface area contributed by atoms with Gasteiger partial charge < -0.3 is 5.32 Å². The van der Waals surface area contributed by atoms with E-state index >= 15 is 0 Å². The highest BCUT2D eigenvalue weighted by atomic mass is 35.5. The SMILES string of the molecule is Clc1nsnc1Nc1cccc2cccnc12. The molecule has 0 spiro atoms. The first-order valence-corrected chi connectivity index (χ1v) is 6.04. The fourth-order valence-corrected chi connectivity index (χ4v) is 2.23. The highest BCUT2D eigenvalue weighted by Crippen LogP contribution is 2.27. The summed E-state index contributed by atoms with van der Waals surface area (Å²) < 4.78 is 7.98. The van der Waals surface area contributed by atoms with Gasteiger partial charge >= 0.3 is 0 Å². The van der Waals surface area contributed by atoms with Crippen molar-refractivity contribution in [2.45, 2.75) is 0 Å². The molecule has 0 radical (unpaired) electrons. The topological polar surface area (TPSA) is 50.7 Å². The Bertz CT molecular complexity index is 662. The first-order valence-electron chi connectivity index (χ1n) is 4.93. The Labute approximate surface area is 107 Å². The molecule has 84 valence electrons. The molecular formula is C11H7ClN4S. The molecule has 0 fully saturated rings. The number of halogens is 1. The monoisotopic (exact) mass is 262 g/mol. The number of aromatic nitrogens is 3. The first-order chi connectivity index (χ1) is 8.34. The summed E-state index contributed by atoms with van der Waals surface area (Å²) in [5.74, 6) is 0.565. The van der Waals surface area contributed by atoms with Gasteiger partial charge in [-0.05, 0) is 12.1 Å². The maximum Gasteiger partial charge on any atom is 0.187 e. The van der Waals surface area contributed by atoms with E-state index in [0.717, 1.165) is 28.3 Å². The number of fused-ring (bicyclic) bond motifs is 1. The van der Waals surface area contributed by atoms with Crippen LogP contribution >= 0.6 is 23.3 Å². The zero-order valence-electron chi connectivity index (χ0n) is 8.59. The Morgan fingerprint density at radius 3 is 2.82 bits per heavy atom. The highest BCUT2D eigenvalue weighted by molar-refractivity contribution is 6.99. The average molecular weight is 263 g/mol. The molecule has 0 saturated carbocycles. The van der Waals surface area contributed by atoms with Gasteiger partial charge in [-0.3, -0.25) is 4.98 Å². The van der Waals surface area contributed by atoms with Gasteiger partial charge in [-0.15, -0.1) is 0 Å². The zero-order chi connectivity index (χ0) is 11.7. The van der Waals surface area contributed by atoms with Crippen LogP contribution in [0.4, 0.5) is 11.5 Å². The Morgan fingerprint density at radius 1 is 1.12 bits per heavy atom. The number of nitrogens with zero attached hydrogens (tertiary/aromatic N) is 3. The molecule has 0 unspecified atom stereocenters. The van der Waals surface area contributed by atoms with Gasteiger partial charge in [0.05, 0.1) is 22.9 Å². The fourth-order valence-electron chi connectivity index (χ4n) is 1.59. The molecule has 0 bridgehead atoms. The van der Waals surface area contributed by atoms with Crippen LogP contribution in [0.5, 0.6) is 0 Å². The summed E-state index contributed by atoms with van der Waals surface area (Å²) in [6.45, 7) is 0. The summed E-state index contributed by atoms with van der Waals surface area (Å²) in [5, 5.41) is 4.58. The predicted molar refractivity (Wildman–Crippen MR) is 69.9 cm³/mol. The minimum absolute atomic E-state index is 0.378. The Morgan fingerprint density at radius 2 is 2.00 bits per heavy atom. The van der Waals surface area contributed by atoms with Gasteiger partial charge in [-0.25, -0.2) is 0 Å². The maximum absolute atomic E-state index is 5.89. The van der Waals surface area contributed by atoms with Gasteiger partial charge in [0.15, 0.2) is 11.0 Å². The van der Waals surface area contributed by atoms with Crippen molar-refractivity contribution in [2.24, 2.45) is 0 Å². The van der Waals surface area contributed by atoms with Gasteiger partial charge in [0.1, 0.15) is 0 Å². The average Bonchev–Trinajstić information content (AvgIpc) is 2.76. The van der Waals surface area contributed by atoms with E-state index in [4.69, 9.17) is 11.6 Å². The second-order valence-electron chi connectivity index (χ2n) is 3.41. The highest BCUT2D eigenvalue weighted by Gasteiger charge is 2.07. The van der Waals surface area contributed by atoms with Gasteiger partial charge in [-0.1, -0.05) is 29.8 Å². The Hall–Kier alpha value is -1.72. The van der Waals surface area contributed by atoms with Crippen LogP contribution in [0.3, 0.4) is 0 Å². The lowest BCUT2D eigenvalue weighted by Crippen LogP contribution is -1.93. The van der Waals surface area contributed by atoms with Crippen molar-refractivity contribution in [3.05, 3.63) is 41.7 Å². The summed E-state index contributed by atoms with van der Waals surface area (Å²) >= 11 is 6.97. The van der Waals surface area contributed by atoms with Gasteiger partial charge in [-0.2, -0.15) is 8.75 Å². The zero-order valence-corrected chi connectivity index (χ0v) is 10.2. The fraction of sp³-hybridized carbons (Fsp3) is 0. The number of pyridine rings is 1. The minimum Gasteiger partial charge on any atom is -0.335 e. The molecule has 0 aliphatic carbocycles. The third-order valence-corrected chi connectivity index (χ3v) is 3.23. The van der Waals surface area contributed by atoms with Crippen LogP contribution in [-0.2, 0) is 0 Å². The standard InChI is InChI=1S/C11H7ClN4S/c12-10-11(16-17-15-10)14-8-5-1-3-7-4-2-6-13-9(7)8/h1-6H,(H,14,16). The van der Waals surface area contributed by atoms with Crippen LogP contribution in [0, 0.1) is 0 Å². The molecule has 0 saturated heterocycles. The van der Waals surface area contributed by atoms with E-state index in [-0.39, 0.29) is 0 Å². The van der Waals surface area contributed by atoms with Crippen molar-refractivity contribution in [2.75, 3.05) is 5.32 Å². The van der Waals surface area contributed by atoms with Gasteiger partial charge in [0.2, 0.25) is 0 Å². The van der Waals surface area contributed by atoms with Crippen LogP contribution in [0.25, 0.3) is 10.9 Å². The van der Waals surface area contributed by atoms with Crippen molar-refractivity contribution in [3.8, 4) is 0 Å². The number of benzene rings is 1. The Balaban J connectivity index is 2.09. The van der Waals surface area contributed by atoms with E-state index in [9.17, 15) is 0 Å². The summed E-state index contributed by atoms with van der Waals surface area (Å²) in [6, 6.07) is 9.82. The molecule has 1 aromatic carbocycles. The van der Waals surface area contributed by atoms with Crippen molar-refractivity contribution >= 4 is 45.7 Å². The van der Waals surface area contributed by atoms with E-state index < -0.39 is 0 Å². The lowest BCUT2D eigenvalue weighted by atomic mass is 10.2. The van der Waals surface area contributed by atoms with E-state index in [0.29, 0.717) is 11.0 Å². The summed E-state index contributed by atoms with van der Waals surface area (Å²) in [6.07, 6.45) is 1.76. The molecule has 4 nitrogen and oxygen atoms in total. The molecule has 0 aliphatic rings. The van der Waals surface area contributed by atoms with E-state index in [1.54, 1.807) is 6.20 Å². The van der Waals surface area contributed by atoms with Crippen LogP contribution in [0.1, 0.15) is 0 Å². The van der Waals surface area contributed by atoms with Gasteiger partial charge in [0.25, 0.3) is 0 Å². The summed E-state index contributed by atoms with van der Waals surface area (Å²) in [5.41, 5.74) is 1.76. The summed E-state index contributed by atoms with van der Waals surface area (Å²) in [4.78, 5) is 4.34. The minimum atomic E-state index is 0.378. The summed E-state index contributed by atoms with van der Waals surface area (Å²) in [7, 11) is 0. The number of hydrogen-bond donors (Lipinski definition) is 1. The maximum atomic E-state index is 5.89. The smallest absolute Gasteiger partial charge is 0.187 e. The number of nitrogens with one attached hydrogen (secondary N) is 1. The lowest BCUT2D eigenvalue weighted by Gasteiger charge is -2.06. The third kappa shape index (κ3) is 1.94. The molecule has 0 aliphatic heterocycles. The quantitative estimate of drug-likeness (QED) is 0.768. The molecule has 2 aromatic heterocycles. The van der Waals surface area contributed by atoms with Crippen LogP contribution in [-0.4, -0.2) is 13.7 Å². The van der Waals surface area contributed by atoms with Gasteiger partial charge in [0, 0.05) is 11.6 Å². The molecule has 0 atom stereocenters. The van der Waals surface area contributed by atoms with Crippen LogP contribution in [0.15, 0.2) is 36.5 Å². The predicted octanol–water partition coefficient (Wildman–Crippen LogP) is 3.48. The molecule has 17 heavy (non-hydrogen) atoms. The molecule has 0 amide bonds. The van der Waals surface area contributed by atoms with E-state index in [1.807, 2.05) is 30.3 Å². The van der Waals surface area contributed by atoms with Crippen molar-refractivity contribution in [1.82, 2.24) is 13.7 Å². The molecule has 6 heteroatoms. The van der Waals surface area contributed by atoms with Crippen LogP contribution < -0.4 is 5.32 Å². The normalized spacial score (nSPS) is 10.6. The molecule has 3 rings (SSSR count). The second kappa shape index (κ2) is 4.27. The number of anilines is 2. The largest absolute Gasteiger partial charge is 0.335 e. The first kappa shape index (κ1) is 10.4. The van der Waals surface area contributed by atoms with Crippen LogP contribution in [0.2, 0.25) is 5.15 Å². The number of rotatable bonds is 2. The van der Waals surface area contributed by atoms with Crippen molar-refractivity contribution < 1.29 is 0 Å². The molecule has 1 N–H and O–H groups in total. The lowest BCUT2D eigenvalue weighted by molar-refractivity contribution is 1.39. The second-order valence-corrected chi connectivity index (χ2v) is 4.30. The van der Waals surface area contributed by atoms with E-state index in [2.05, 4.69) is 19.0 Å². The third-order valence-electron chi connectivity index (χ3n) is 2.33.